The van der Waals surface area contributed by atoms with Crippen LogP contribution in [0.5, 0.6) is 0 Å². The van der Waals surface area contributed by atoms with Gasteiger partial charge in [-0.2, -0.15) is 0 Å². The molecule has 0 saturated carbocycles. The van der Waals surface area contributed by atoms with Crippen LogP contribution in [-0.4, -0.2) is 20.6 Å². The number of rotatable bonds is 6. The largest absolute Gasteiger partial charge is 0.469 e. The van der Waals surface area contributed by atoms with Crippen LogP contribution in [0.25, 0.3) is 0 Å². The highest BCUT2D eigenvalue weighted by Gasteiger charge is 2.17. The van der Waals surface area contributed by atoms with Crippen LogP contribution in [0.3, 0.4) is 0 Å². The van der Waals surface area contributed by atoms with Crippen molar-refractivity contribution in [2.45, 2.75) is 30.7 Å². The Labute approximate surface area is 134 Å². The zero-order valence-corrected chi connectivity index (χ0v) is 13.7. The zero-order chi connectivity index (χ0) is 17.0. The molecule has 1 amide bonds. The van der Waals surface area contributed by atoms with Crippen molar-refractivity contribution in [1.82, 2.24) is 5.32 Å². The lowest BCUT2D eigenvalue weighted by atomic mass is 10.1. The average molecular weight is 339 g/mol. The van der Waals surface area contributed by atoms with Crippen molar-refractivity contribution >= 4 is 15.7 Å². The Kier molecular flexibility index (Phi) is 5.20. The Morgan fingerprint density at radius 1 is 1.35 bits per heavy atom. The lowest BCUT2D eigenvalue weighted by molar-refractivity contribution is -0.121. The van der Waals surface area contributed by atoms with E-state index in [4.69, 9.17) is 4.42 Å². The summed E-state index contributed by atoms with van der Waals surface area (Å²) in [6, 6.07) is 6.95. The summed E-state index contributed by atoms with van der Waals surface area (Å²) < 4.78 is 41.8. The fourth-order valence-electron chi connectivity index (χ4n) is 2.18. The van der Waals surface area contributed by atoms with Crippen molar-refractivity contribution in [3.63, 3.8) is 0 Å². The normalized spacial score (nSPS) is 12.8. The molecule has 1 atom stereocenters. The number of halogens is 1. The van der Waals surface area contributed by atoms with E-state index in [9.17, 15) is 17.6 Å². The second-order valence-corrected chi connectivity index (χ2v) is 7.31. The van der Waals surface area contributed by atoms with Gasteiger partial charge in [0.05, 0.1) is 12.3 Å². The van der Waals surface area contributed by atoms with E-state index in [1.165, 1.54) is 12.1 Å². The topological polar surface area (TPSA) is 76.4 Å². The Bertz CT molecular complexity index is 784. The maximum atomic E-state index is 13.9. The van der Waals surface area contributed by atoms with Crippen molar-refractivity contribution in [3.05, 3.63) is 53.7 Å². The highest BCUT2D eigenvalue weighted by molar-refractivity contribution is 7.90. The van der Waals surface area contributed by atoms with E-state index in [-0.39, 0.29) is 17.2 Å². The lowest BCUT2D eigenvalue weighted by Crippen LogP contribution is -2.27. The van der Waals surface area contributed by atoms with Gasteiger partial charge in [-0.15, -0.1) is 0 Å². The standard InChI is InChI=1S/C16H18FNO4S/c1-11(18-16(19)8-6-13-4-3-9-22-13)12-5-7-15(14(17)10-12)23(2,20)21/h3-5,7,9-11H,6,8H2,1-2H3,(H,18,19)/t11-/m0/s1. The third-order valence-corrected chi connectivity index (χ3v) is 4.54. The number of hydrogen-bond acceptors (Lipinski definition) is 4. The molecule has 0 saturated heterocycles. The maximum absolute atomic E-state index is 13.9. The number of benzene rings is 1. The van der Waals surface area contributed by atoms with Crippen LogP contribution in [0, 0.1) is 5.82 Å². The summed E-state index contributed by atoms with van der Waals surface area (Å²) in [5.74, 6) is -0.292. The average Bonchev–Trinajstić information content (AvgIpc) is 2.96. The van der Waals surface area contributed by atoms with E-state index in [1.807, 2.05) is 0 Å². The van der Waals surface area contributed by atoms with Crippen LogP contribution in [0.15, 0.2) is 45.9 Å². The number of sulfone groups is 1. The van der Waals surface area contributed by atoms with Crippen molar-refractivity contribution in [2.75, 3.05) is 6.26 Å². The molecular weight excluding hydrogens is 321 g/mol. The summed E-state index contributed by atoms with van der Waals surface area (Å²) in [6.07, 6.45) is 3.22. The van der Waals surface area contributed by atoms with Gasteiger partial charge in [0.15, 0.2) is 9.84 Å². The van der Waals surface area contributed by atoms with Crippen LogP contribution in [0.1, 0.15) is 30.7 Å². The SMILES string of the molecule is C[C@H](NC(=O)CCc1ccco1)c1ccc(S(C)(=O)=O)c(F)c1. The molecule has 5 nitrogen and oxygen atoms in total. The van der Waals surface area contributed by atoms with Crippen LogP contribution in [0.4, 0.5) is 4.39 Å². The van der Waals surface area contributed by atoms with Crippen LogP contribution >= 0.6 is 0 Å². The Balaban J connectivity index is 1.98. The quantitative estimate of drug-likeness (QED) is 0.878. The second kappa shape index (κ2) is 6.95. The summed E-state index contributed by atoms with van der Waals surface area (Å²) >= 11 is 0. The van der Waals surface area contributed by atoms with E-state index in [2.05, 4.69) is 5.32 Å². The van der Waals surface area contributed by atoms with Gasteiger partial charge in [0.25, 0.3) is 0 Å². The Hall–Kier alpha value is -2.15. The van der Waals surface area contributed by atoms with Gasteiger partial charge in [0, 0.05) is 19.1 Å². The first kappa shape index (κ1) is 17.2. The monoisotopic (exact) mass is 339 g/mol. The lowest BCUT2D eigenvalue weighted by Gasteiger charge is -2.15. The Morgan fingerprint density at radius 2 is 2.09 bits per heavy atom. The third-order valence-electron chi connectivity index (χ3n) is 3.41. The molecule has 0 aliphatic rings. The molecule has 0 spiro atoms. The molecule has 7 heteroatoms. The molecule has 0 aliphatic carbocycles. The molecule has 0 bridgehead atoms. The first-order valence-corrected chi connectivity index (χ1v) is 8.98. The molecule has 0 radical (unpaired) electrons. The maximum Gasteiger partial charge on any atom is 0.220 e. The first-order valence-electron chi connectivity index (χ1n) is 7.08. The minimum atomic E-state index is -3.61. The zero-order valence-electron chi connectivity index (χ0n) is 12.9. The van der Waals surface area contributed by atoms with Gasteiger partial charge >= 0.3 is 0 Å². The van der Waals surface area contributed by atoms with Gasteiger partial charge in [-0.25, -0.2) is 12.8 Å². The van der Waals surface area contributed by atoms with Gasteiger partial charge in [0.1, 0.15) is 16.5 Å². The summed E-state index contributed by atoms with van der Waals surface area (Å²) in [5, 5.41) is 2.75. The molecule has 23 heavy (non-hydrogen) atoms. The van der Waals surface area contributed by atoms with Gasteiger partial charge in [-0.3, -0.25) is 4.79 Å². The van der Waals surface area contributed by atoms with Crippen LogP contribution in [0.2, 0.25) is 0 Å². The van der Waals surface area contributed by atoms with E-state index < -0.39 is 21.7 Å². The van der Waals surface area contributed by atoms with Crippen molar-refractivity contribution in [2.24, 2.45) is 0 Å². The Morgan fingerprint density at radius 3 is 2.65 bits per heavy atom. The molecule has 1 aromatic heterocycles. The summed E-state index contributed by atoms with van der Waals surface area (Å²) in [5.41, 5.74) is 0.501. The number of carbonyl (C=O) groups excluding carboxylic acids is 1. The minimum Gasteiger partial charge on any atom is -0.469 e. The van der Waals surface area contributed by atoms with Crippen molar-refractivity contribution in [1.29, 1.82) is 0 Å². The predicted octanol–water partition coefficient (Wildman–Crippen LogP) is 2.63. The third kappa shape index (κ3) is 4.66. The molecule has 0 fully saturated rings. The number of hydrogen-bond donors (Lipinski definition) is 1. The fourth-order valence-corrected chi connectivity index (χ4v) is 2.90. The number of amides is 1. The highest BCUT2D eigenvalue weighted by atomic mass is 32.2. The number of aryl methyl sites for hydroxylation is 1. The van der Waals surface area contributed by atoms with E-state index >= 15 is 0 Å². The molecule has 1 N–H and O–H groups in total. The van der Waals surface area contributed by atoms with Gasteiger partial charge in [-0.1, -0.05) is 6.07 Å². The summed E-state index contributed by atoms with van der Waals surface area (Å²) in [4.78, 5) is 11.5. The van der Waals surface area contributed by atoms with E-state index in [0.717, 1.165) is 18.1 Å². The number of carbonyl (C=O) groups is 1. The van der Waals surface area contributed by atoms with Crippen LogP contribution < -0.4 is 5.32 Å². The van der Waals surface area contributed by atoms with Crippen LogP contribution in [-0.2, 0) is 21.1 Å². The van der Waals surface area contributed by atoms with Gasteiger partial charge in [-0.05, 0) is 36.8 Å². The minimum absolute atomic E-state index is 0.193. The molecule has 2 rings (SSSR count). The second-order valence-electron chi connectivity index (χ2n) is 5.33. The van der Waals surface area contributed by atoms with E-state index in [0.29, 0.717) is 12.0 Å². The summed E-state index contributed by atoms with van der Waals surface area (Å²) in [7, 11) is -3.61. The predicted molar refractivity (Wildman–Crippen MR) is 83.1 cm³/mol. The number of nitrogens with one attached hydrogen (secondary N) is 1. The molecule has 124 valence electrons. The van der Waals surface area contributed by atoms with Gasteiger partial charge in [0.2, 0.25) is 5.91 Å². The molecule has 2 aromatic rings. The summed E-state index contributed by atoms with van der Waals surface area (Å²) in [6.45, 7) is 1.71. The van der Waals surface area contributed by atoms with Crippen molar-refractivity contribution < 1.29 is 22.0 Å². The molecular formula is C16H18FNO4S. The fraction of sp³-hybridized carbons (Fsp3) is 0.312. The molecule has 0 aliphatic heterocycles. The first-order chi connectivity index (χ1) is 10.8. The van der Waals surface area contributed by atoms with E-state index in [1.54, 1.807) is 25.3 Å². The van der Waals surface area contributed by atoms with Crippen molar-refractivity contribution in [3.8, 4) is 0 Å². The smallest absolute Gasteiger partial charge is 0.220 e. The molecule has 1 heterocycles. The molecule has 1 aromatic carbocycles. The number of furan rings is 1. The van der Waals surface area contributed by atoms with Gasteiger partial charge < -0.3 is 9.73 Å². The highest BCUT2D eigenvalue weighted by Crippen LogP contribution is 2.20. The molecule has 0 unspecified atom stereocenters.